The van der Waals surface area contributed by atoms with Gasteiger partial charge in [-0.15, -0.1) is 0 Å². The van der Waals surface area contributed by atoms with E-state index in [1.165, 1.54) is 10.8 Å². The van der Waals surface area contributed by atoms with E-state index in [2.05, 4.69) is 143 Å². The molecule has 4 nitrogen and oxygen atoms in total. The van der Waals surface area contributed by atoms with E-state index >= 15 is 0 Å². The summed E-state index contributed by atoms with van der Waals surface area (Å²) in [5.74, 6) is 0. The van der Waals surface area contributed by atoms with E-state index in [1.807, 2.05) is 36.4 Å². The SMILES string of the molecule is N#Cc1cc(-c2ccccc2-c2ccccc2-n2c3ccccc3c3ccccc32)cc(-n2c3ccccc3c3cccc(C#N)c32)c1. The Balaban J connectivity index is 1.31. The molecule has 2 heterocycles. The lowest BCUT2D eigenvalue weighted by Crippen LogP contribution is -1.99. The van der Waals surface area contributed by atoms with Crippen LogP contribution in [0.2, 0.25) is 0 Å². The fraction of sp³-hybridized carbons (Fsp3) is 0. The minimum absolute atomic E-state index is 0.549. The molecule has 0 radical (unpaired) electrons. The summed E-state index contributed by atoms with van der Waals surface area (Å²) >= 11 is 0. The zero-order valence-electron chi connectivity index (χ0n) is 25.8. The summed E-state index contributed by atoms with van der Waals surface area (Å²) in [6.07, 6.45) is 0. The number of nitriles is 2. The first-order valence-electron chi connectivity index (χ1n) is 15.9. The Morgan fingerprint density at radius 3 is 1.62 bits per heavy atom. The van der Waals surface area contributed by atoms with Crippen LogP contribution in [0.3, 0.4) is 0 Å². The van der Waals surface area contributed by atoms with Gasteiger partial charge in [-0.1, -0.05) is 109 Å². The third-order valence-corrected chi connectivity index (χ3v) is 9.37. The summed E-state index contributed by atoms with van der Waals surface area (Å²) in [4.78, 5) is 0. The molecule has 0 saturated carbocycles. The molecule has 0 N–H and O–H groups in total. The molecule has 0 bridgehead atoms. The Morgan fingerprint density at radius 1 is 0.417 bits per heavy atom. The van der Waals surface area contributed by atoms with E-state index in [0.29, 0.717) is 11.1 Å². The Hall–Kier alpha value is -6.88. The van der Waals surface area contributed by atoms with Crippen LogP contribution in [0.15, 0.2) is 158 Å². The van der Waals surface area contributed by atoms with Crippen molar-refractivity contribution in [3.63, 3.8) is 0 Å². The number of nitrogens with zero attached hydrogens (tertiary/aromatic N) is 4. The fourth-order valence-electron chi connectivity index (χ4n) is 7.39. The monoisotopic (exact) mass is 610 g/mol. The van der Waals surface area contributed by atoms with Crippen LogP contribution in [0.5, 0.6) is 0 Å². The Kier molecular flexibility index (Phi) is 6.22. The molecule has 4 heteroatoms. The summed E-state index contributed by atoms with van der Waals surface area (Å²) in [7, 11) is 0. The molecule has 9 aromatic rings. The average Bonchev–Trinajstić information content (AvgIpc) is 3.68. The average molecular weight is 611 g/mol. The summed E-state index contributed by atoms with van der Waals surface area (Å²) in [5.41, 5.74) is 11.3. The molecule has 7 aromatic carbocycles. The third kappa shape index (κ3) is 4.07. The van der Waals surface area contributed by atoms with Crippen LogP contribution in [0.1, 0.15) is 11.1 Å². The third-order valence-electron chi connectivity index (χ3n) is 9.37. The van der Waals surface area contributed by atoms with Crippen molar-refractivity contribution in [2.24, 2.45) is 0 Å². The van der Waals surface area contributed by atoms with E-state index < -0.39 is 0 Å². The summed E-state index contributed by atoms with van der Waals surface area (Å²) in [6, 6.07) is 58.9. The van der Waals surface area contributed by atoms with Gasteiger partial charge in [-0.3, -0.25) is 0 Å². The van der Waals surface area contributed by atoms with Gasteiger partial charge in [-0.05, 0) is 65.2 Å². The minimum Gasteiger partial charge on any atom is -0.309 e. The number of fused-ring (bicyclic) bond motifs is 6. The second-order valence-corrected chi connectivity index (χ2v) is 12.0. The molecule has 0 atom stereocenters. The number of benzene rings is 7. The molecule has 0 aliphatic carbocycles. The second-order valence-electron chi connectivity index (χ2n) is 12.0. The van der Waals surface area contributed by atoms with Gasteiger partial charge in [0.2, 0.25) is 0 Å². The lowest BCUT2D eigenvalue weighted by Gasteiger charge is -2.18. The normalized spacial score (nSPS) is 11.3. The number of hydrogen-bond acceptors (Lipinski definition) is 2. The first-order valence-corrected chi connectivity index (χ1v) is 15.9. The Labute approximate surface area is 277 Å². The molecule has 0 aliphatic heterocycles. The van der Waals surface area contributed by atoms with Crippen molar-refractivity contribution in [1.82, 2.24) is 9.13 Å². The molecule has 0 aliphatic rings. The van der Waals surface area contributed by atoms with Gasteiger partial charge in [0.15, 0.2) is 0 Å². The zero-order chi connectivity index (χ0) is 32.2. The Morgan fingerprint density at radius 2 is 0.958 bits per heavy atom. The maximum Gasteiger partial charge on any atom is 0.101 e. The first-order chi connectivity index (χ1) is 23.7. The minimum atomic E-state index is 0.549. The van der Waals surface area contributed by atoms with Gasteiger partial charge >= 0.3 is 0 Å². The second kappa shape index (κ2) is 10.9. The maximum atomic E-state index is 10.3. The van der Waals surface area contributed by atoms with Gasteiger partial charge in [-0.25, -0.2) is 0 Å². The highest BCUT2D eigenvalue weighted by Crippen LogP contribution is 2.41. The summed E-state index contributed by atoms with van der Waals surface area (Å²) in [5, 5.41) is 24.9. The van der Waals surface area contributed by atoms with Gasteiger partial charge in [0.25, 0.3) is 0 Å². The lowest BCUT2D eigenvalue weighted by molar-refractivity contribution is 1.17. The molecule has 48 heavy (non-hydrogen) atoms. The van der Waals surface area contributed by atoms with Gasteiger partial charge < -0.3 is 9.13 Å². The molecular weight excluding hydrogens is 585 g/mol. The lowest BCUT2D eigenvalue weighted by atomic mass is 9.92. The molecular formula is C44H26N4. The smallest absolute Gasteiger partial charge is 0.101 e. The van der Waals surface area contributed by atoms with E-state index in [4.69, 9.17) is 0 Å². The van der Waals surface area contributed by atoms with Crippen LogP contribution in [-0.2, 0) is 0 Å². The molecule has 0 fully saturated rings. The van der Waals surface area contributed by atoms with Crippen molar-refractivity contribution < 1.29 is 0 Å². The quantitative estimate of drug-likeness (QED) is 0.199. The zero-order valence-corrected chi connectivity index (χ0v) is 25.8. The largest absolute Gasteiger partial charge is 0.309 e. The fourth-order valence-corrected chi connectivity index (χ4v) is 7.39. The van der Waals surface area contributed by atoms with Crippen LogP contribution in [0.4, 0.5) is 0 Å². The van der Waals surface area contributed by atoms with E-state index in [1.54, 1.807) is 0 Å². The number of rotatable bonds is 4. The Bertz CT molecular complexity index is 2760. The van der Waals surface area contributed by atoms with Gasteiger partial charge in [-0.2, -0.15) is 10.5 Å². The van der Waals surface area contributed by atoms with Crippen molar-refractivity contribution in [3.8, 4) is 45.8 Å². The number of hydrogen-bond donors (Lipinski definition) is 0. The van der Waals surface area contributed by atoms with Gasteiger partial charge in [0.1, 0.15) is 6.07 Å². The van der Waals surface area contributed by atoms with Crippen LogP contribution in [-0.4, -0.2) is 9.13 Å². The first kappa shape index (κ1) is 27.4. The number of aromatic nitrogens is 2. The molecule has 0 spiro atoms. The van der Waals surface area contributed by atoms with Crippen LogP contribution >= 0.6 is 0 Å². The van der Waals surface area contributed by atoms with Crippen LogP contribution < -0.4 is 0 Å². The molecule has 9 rings (SSSR count). The summed E-state index contributed by atoms with van der Waals surface area (Å²) in [6.45, 7) is 0. The predicted molar refractivity (Wildman–Crippen MR) is 195 cm³/mol. The highest BCUT2D eigenvalue weighted by Gasteiger charge is 2.19. The standard InChI is InChI=1S/C44H26N4/c45-27-29-24-31(26-32(25-29)47-40-20-7-6-18-38(40)39-19-11-12-30(28-46)44(39)47)33-13-1-2-14-34(33)35-15-3-8-21-41(35)48-42-22-9-4-16-36(42)37-17-5-10-23-43(37)48/h1-26H. The maximum absolute atomic E-state index is 10.3. The van der Waals surface area contributed by atoms with Crippen molar-refractivity contribution >= 4 is 43.6 Å². The molecule has 222 valence electrons. The molecule has 0 unspecified atom stereocenters. The van der Waals surface area contributed by atoms with Gasteiger partial charge in [0, 0.05) is 32.8 Å². The predicted octanol–water partition coefficient (Wildman–Crippen LogP) is 11.0. The molecule has 2 aromatic heterocycles. The highest BCUT2D eigenvalue weighted by molar-refractivity contribution is 6.11. The van der Waals surface area contributed by atoms with Crippen LogP contribution in [0.25, 0.3) is 77.2 Å². The van der Waals surface area contributed by atoms with Crippen molar-refractivity contribution in [1.29, 1.82) is 10.5 Å². The summed E-state index contributed by atoms with van der Waals surface area (Å²) < 4.78 is 4.48. The number of para-hydroxylation sites is 5. The van der Waals surface area contributed by atoms with Crippen molar-refractivity contribution in [2.45, 2.75) is 0 Å². The van der Waals surface area contributed by atoms with E-state index in [-0.39, 0.29) is 0 Å². The van der Waals surface area contributed by atoms with Gasteiger partial charge in [0.05, 0.1) is 45.0 Å². The van der Waals surface area contributed by atoms with Crippen LogP contribution in [0, 0.1) is 22.7 Å². The van der Waals surface area contributed by atoms with E-state index in [0.717, 1.165) is 66.5 Å². The molecule has 0 amide bonds. The highest BCUT2D eigenvalue weighted by atomic mass is 15.0. The van der Waals surface area contributed by atoms with Crippen molar-refractivity contribution in [3.05, 3.63) is 169 Å². The van der Waals surface area contributed by atoms with E-state index in [9.17, 15) is 10.5 Å². The molecule has 0 saturated heterocycles. The topological polar surface area (TPSA) is 57.4 Å². The van der Waals surface area contributed by atoms with Crippen molar-refractivity contribution in [2.75, 3.05) is 0 Å².